The van der Waals surface area contributed by atoms with E-state index in [1.54, 1.807) is 0 Å². The van der Waals surface area contributed by atoms with Gasteiger partial charge < -0.3 is 10.4 Å². The Balaban J connectivity index is 2.22. The van der Waals surface area contributed by atoms with Gasteiger partial charge >= 0.3 is 5.97 Å². The van der Waals surface area contributed by atoms with Crippen LogP contribution in [-0.2, 0) is 16.0 Å². The predicted octanol–water partition coefficient (Wildman–Crippen LogP) is 4.50. The minimum atomic E-state index is -0.996. The van der Waals surface area contributed by atoms with Crippen LogP contribution in [0.25, 0.3) is 0 Å². The number of carboxylic acids is 1. The smallest absolute Gasteiger partial charge is 0.326 e. The van der Waals surface area contributed by atoms with Crippen molar-refractivity contribution >= 4 is 11.9 Å². The van der Waals surface area contributed by atoms with Gasteiger partial charge in [0.2, 0.25) is 5.91 Å². The quantitative estimate of drug-likeness (QED) is 0.409. The first-order chi connectivity index (χ1) is 12.1. The highest BCUT2D eigenvalue weighted by atomic mass is 16.4. The molecular formula is C21H31NO3. The number of allylic oxidation sites excluding steroid dienone is 2. The number of hydrogen-bond donors (Lipinski definition) is 2. The second-order valence-corrected chi connectivity index (χ2v) is 6.36. The third-order valence-corrected chi connectivity index (χ3v) is 4.08. The highest BCUT2D eigenvalue weighted by Gasteiger charge is 2.19. The van der Waals surface area contributed by atoms with Crippen LogP contribution in [0.3, 0.4) is 0 Å². The third-order valence-electron chi connectivity index (χ3n) is 4.08. The largest absolute Gasteiger partial charge is 0.480 e. The molecule has 0 saturated carbocycles. The maximum atomic E-state index is 12.0. The lowest BCUT2D eigenvalue weighted by atomic mass is 10.1. The minimum Gasteiger partial charge on any atom is -0.480 e. The van der Waals surface area contributed by atoms with Crippen molar-refractivity contribution in [2.24, 2.45) is 0 Å². The standard InChI is InChI=1S/C21H31NO3/c1-2-3-4-5-6-7-8-9-13-16-20(23)22-19(21(24)25)17-18-14-11-10-12-15-18/h7-8,10-12,14-15,19H,2-6,9,13,16-17H2,1H3,(H,22,23)(H,24,25). The predicted molar refractivity (Wildman–Crippen MR) is 101 cm³/mol. The van der Waals surface area contributed by atoms with Crippen molar-refractivity contribution in [2.75, 3.05) is 0 Å². The summed E-state index contributed by atoms with van der Waals surface area (Å²) in [6.07, 6.45) is 12.7. The monoisotopic (exact) mass is 345 g/mol. The van der Waals surface area contributed by atoms with Crippen molar-refractivity contribution in [3.63, 3.8) is 0 Å². The Morgan fingerprint density at radius 3 is 2.36 bits per heavy atom. The molecule has 25 heavy (non-hydrogen) atoms. The lowest BCUT2D eigenvalue weighted by Gasteiger charge is -2.14. The third kappa shape index (κ3) is 10.4. The Hall–Kier alpha value is -2.10. The van der Waals surface area contributed by atoms with Gasteiger partial charge in [-0.2, -0.15) is 0 Å². The first-order valence-corrected chi connectivity index (χ1v) is 9.34. The molecule has 0 aromatic heterocycles. The molecule has 0 spiro atoms. The highest BCUT2D eigenvalue weighted by Crippen LogP contribution is 2.06. The van der Waals surface area contributed by atoms with E-state index in [1.165, 1.54) is 25.7 Å². The Kier molecular flexibility index (Phi) is 11.1. The number of aliphatic carboxylic acids is 1. The minimum absolute atomic E-state index is 0.195. The molecule has 1 aromatic rings. The van der Waals surface area contributed by atoms with Crippen LogP contribution in [0.1, 0.15) is 63.9 Å². The maximum Gasteiger partial charge on any atom is 0.326 e. The van der Waals surface area contributed by atoms with Gasteiger partial charge in [0, 0.05) is 12.8 Å². The molecule has 1 amide bonds. The molecule has 0 bridgehead atoms. The van der Waals surface area contributed by atoms with E-state index in [-0.39, 0.29) is 5.91 Å². The first-order valence-electron chi connectivity index (χ1n) is 9.34. The van der Waals surface area contributed by atoms with Crippen LogP contribution in [-0.4, -0.2) is 23.0 Å². The van der Waals surface area contributed by atoms with Gasteiger partial charge in [-0.1, -0.05) is 68.7 Å². The Morgan fingerprint density at radius 1 is 1.04 bits per heavy atom. The van der Waals surface area contributed by atoms with Gasteiger partial charge in [-0.25, -0.2) is 4.79 Å². The second-order valence-electron chi connectivity index (χ2n) is 6.36. The molecule has 0 aliphatic rings. The Morgan fingerprint density at radius 2 is 1.72 bits per heavy atom. The van der Waals surface area contributed by atoms with Gasteiger partial charge in [0.1, 0.15) is 6.04 Å². The number of nitrogens with one attached hydrogen (secondary N) is 1. The molecular weight excluding hydrogens is 314 g/mol. The molecule has 4 nitrogen and oxygen atoms in total. The van der Waals surface area contributed by atoms with Crippen LogP contribution >= 0.6 is 0 Å². The van der Waals surface area contributed by atoms with E-state index in [4.69, 9.17) is 0 Å². The lowest BCUT2D eigenvalue weighted by molar-refractivity contribution is -0.141. The number of carbonyl (C=O) groups excluding carboxylic acids is 1. The molecule has 1 rings (SSSR count). The van der Waals surface area contributed by atoms with Crippen LogP contribution < -0.4 is 5.32 Å². The summed E-state index contributed by atoms with van der Waals surface area (Å²) in [6.45, 7) is 2.20. The molecule has 2 N–H and O–H groups in total. The van der Waals surface area contributed by atoms with E-state index >= 15 is 0 Å². The van der Waals surface area contributed by atoms with Crippen LogP contribution in [0.2, 0.25) is 0 Å². The molecule has 0 aliphatic carbocycles. The van der Waals surface area contributed by atoms with Crippen molar-refractivity contribution in [1.29, 1.82) is 0 Å². The van der Waals surface area contributed by atoms with E-state index in [1.807, 2.05) is 30.3 Å². The number of carbonyl (C=O) groups is 2. The topological polar surface area (TPSA) is 66.4 Å². The number of hydrogen-bond acceptors (Lipinski definition) is 2. The Bertz CT molecular complexity index is 525. The second kappa shape index (κ2) is 13.2. The highest BCUT2D eigenvalue weighted by molar-refractivity contribution is 5.83. The molecule has 1 unspecified atom stereocenters. The molecule has 0 fully saturated rings. The van der Waals surface area contributed by atoms with E-state index in [2.05, 4.69) is 24.4 Å². The molecule has 138 valence electrons. The molecule has 1 atom stereocenters. The van der Waals surface area contributed by atoms with Gasteiger partial charge in [0.15, 0.2) is 0 Å². The summed E-state index contributed by atoms with van der Waals surface area (Å²) < 4.78 is 0. The van der Waals surface area contributed by atoms with Gasteiger partial charge in [-0.05, 0) is 31.2 Å². The summed E-state index contributed by atoms with van der Waals surface area (Å²) in [5.41, 5.74) is 0.904. The number of unbranched alkanes of at least 4 members (excludes halogenated alkanes) is 5. The van der Waals surface area contributed by atoms with E-state index in [0.717, 1.165) is 24.8 Å². The molecule has 4 heteroatoms. The van der Waals surface area contributed by atoms with Crippen LogP contribution in [0.4, 0.5) is 0 Å². The molecule has 0 saturated heterocycles. The molecule has 1 aromatic carbocycles. The number of amides is 1. The molecule has 0 radical (unpaired) electrons. The summed E-state index contributed by atoms with van der Waals surface area (Å²) in [7, 11) is 0. The zero-order valence-corrected chi connectivity index (χ0v) is 15.2. The summed E-state index contributed by atoms with van der Waals surface area (Å²) in [5, 5.41) is 11.9. The molecule has 0 aliphatic heterocycles. The molecule has 0 heterocycles. The fourth-order valence-electron chi connectivity index (χ4n) is 2.62. The van der Waals surface area contributed by atoms with Gasteiger partial charge in [0.25, 0.3) is 0 Å². The van der Waals surface area contributed by atoms with E-state index in [0.29, 0.717) is 12.8 Å². The van der Waals surface area contributed by atoms with Crippen LogP contribution in [0.5, 0.6) is 0 Å². The first kappa shape index (κ1) is 20.9. The van der Waals surface area contributed by atoms with Gasteiger partial charge in [-0.15, -0.1) is 0 Å². The van der Waals surface area contributed by atoms with E-state index in [9.17, 15) is 14.7 Å². The van der Waals surface area contributed by atoms with Crippen molar-refractivity contribution in [1.82, 2.24) is 5.32 Å². The SMILES string of the molecule is CCCCCCC=CCCCC(=O)NC(Cc1ccccc1)C(=O)O. The van der Waals surface area contributed by atoms with Crippen LogP contribution in [0.15, 0.2) is 42.5 Å². The van der Waals surface area contributed by atoms with Crippen molar-refractivity contribution < 1.29 is 14.7 Å². The fourth-order valence-corrected chi connectivity index (χ4v) is 2.62. The summed E-state index contributed by atoms with van der Waals surface area (Å²) >= 11 is 0. The van der Waals surface area contributed by atoms with Crippen LogP contribution in [0, 0.1) is 0 Å². The van der Waals surface area contributed by atoms with Gasteiger partial charge in [0.05, 0.1) is 0 Å². The average Bonchev–Trinajstić information content (AvgIpc) is 2.60. The van der Waals surface area contributed by atoms with Crippen molar-refractivity contribution in [3.05, 3.63) is 48.0 Å². The number of carboxylic acid groups (broad SMARTS) is 1. The summed E-state index contributed by atoms with van der Waals surface area (Å²) in [5.74, 6) is -1.19. The summed E-state index contributed by atoms with van der Waals surface area (Å²) in [4.78, 5) is 23.3. The van der Waals surface area contributed by atoms with Gasteiger partial charge in [-0.3, -0.25) is 4.79 Å². The average molecular weight is 345 g/mol. The lowest BCUT2D eigenvalue weighted by Crippen LogP contribution is -2.42. The van der Waals surface area contributed by atoms with Crippen molar-refractivity contribution in [3.8, 4) is 0 Å². The van der Waals surface area contributed by atoms with Crippen molar-refractivity contribution in [2.45, 2.75) is 70.8 Å². The Labute approximate surface area is 151 Å². The zero-order valence-electron chi connectivity index (χ0n) is 15.2. The maximum absolute atomic E-state index is 12.0. The fraction of sp³-hybridized carbons (Fsp3) is 0.524. The zero-order chi connectivity index (χ0) is 18.3. The summed E-state index contributed by atoms with van der Waals surface area (Å²) in [6, 6.07) is 8.48. The number of rotatable bonds is 13. The normalized spacial score (nSPS) is 12.2. The van der Waals surface area contributed by atoms with E-state index < -0.39 is 12.0 Å². The number of benzene rings is 1.